The van der Waals surface area contributed by atoms with E-state index in [1.54, 1.807) is 37.8 Å². The highest BCUT2D eigenvalue weighted by Crippen LogP contribution is 2.34. The van der Waals surface area contributed by atoms with Crippen LogP contribution < -0.4 is 10.6 Å². The third-order valence-electron chi connectivity index (χ3n) is 4.46. The van der Waals surface area contributed by atoms with E-state index < -0.39 is 11.9 Å². The molecular formula is C22H23ClN4O4S2. The molecular weight excluding hydrogens is 484 g/mol. The van der Waals surface area contributed by atoms with Gasteiger partial charge < -0.3 is 20.1 Å². The monoisotopic (exact) mass is 506 g/mol. The van der Waals surface area contributed by atoms with Crippen molar-refractivity contribution in [1.82, 2.24) is 9.78 Å². The predicted molar refractivity (Wildman–Crippen MR) is 134 cm³/mol. The highest BCUT2D eigenvalue weighted by atomic mass is 35.5. The molecule has 2 aromatic heterocycles. The first kappa shape index (κ1) is 24.7. The normalized spacial score (nSPS) is 10.5. The van der Waals surface area contributed by atoms with Crippen molar-refractivity contribution in [2.24, 2.45) is 0 Å². The lowest BCUT2D eigenvalue weighted by Crippen LogP contribution is -2.20. The van der Waals surface area contributed by atoms with Crippen molar-refractivity contribution >= 4 is 62.9 Å². The Balaban J connectivity index is 1.73. The van der Waals surface area contributed by atoms with Crippen LogP contribution in [0.4, 0.5) is 10.7 Å². The van der Waals surface area contributed by atoms with E-state index in [1.165, 1.54) is 0 Å². The Hall–Kier alpha value is -2.95. The molecule has 1 aromatic carbocycles. The van der Waals surface area contributed by atoms with Crippen LogP contribution in [-0.2, 0) is 16.0 Å². The number of halogens is 1. The van der Waals surface area contributed by atoms with Gasteiger partial charge in [-0.25, -0.2) is 9.59 Å². The van der Waals surface area contributed by atoms with Gasteiger partial charge in [0, 0.05) is 11.2 Å². The smallest absolute Gasteiger partial charge is 0.348 e. The number of hydrogen-bond acceptors (Lipinski definition) is 7. The van der Waals surface area contributed by atoms with Crippen LogP contribution in [0.3, 0.4) is 0 Å². The van der Waals surface area contributed by atoms with Crippen LogP contribution in [0.15, 0.2) is 36.7 Å². The summed E-state index contributed by atoms with van der Waals surface area (Å²) in [5, 5.41) is 11.7. The molecule has 3 aromatic rings. The summed E-state index contributed by atoms with van der Waals surface area (Å²) in [6, 6.07) is 7.52. The number of nitrogens with zero attached hydrogens (tertiary/aromatic N) is 2. The summed E-state index contributed by atoms with van der Waals surface area (Å²) in [5.74, 6) is -1.04. The van der Waals surface area contributed by atoms with Gasteiger partial charge in [0.1, 0.15) is 9.88 Å². The van der Waals surface area contributed by atoms with E-state index in [1.807, 2.05) is 24.3 Å². The second kappa shape index (κ2) is 11.3. The molecule has 0 aliphatic carbocycles. The van der Waals surface area contributed by atoms with Gasteiger partial charge in [0.15, 0.2) is 5.11 Å². The van der Waals surface area contributed by atoms with Gasteiger partial charge in [-0.15, -0.1) is 11.3 Å². The van der Waals surface area contributed by atoms with Crippen molar-refractivity contribution in [2.45, 2.75) is 27.3 Å². The van der Waals surface area contributed by atoms with Crippen molar-refractivity contribution in [3.05, 3.63) is 63.2 Å². The molecule has 0 aliphatic heterocycles. The number of thiophene rings is 1. The molecule has 0 saturated carbocycles. The molecule has 0 spiro atoms. The van der Waals surface area contributed by atoms with Crippen LogP contribution in [-0.4, -0.2) is 40.0 Å². The lowest BCUT2D eigenvalue weighted by atomic mass is 10.1. The molecule has 2 heterocycles. The van der Waals surface area contributed by atoms with E-state index in [-0.39, 0.29) is 23.9 Å². The van der Waals surface area contributed by atoms with Crippen molar-refractivity contribution < 1.29 is 19.1 Å². The van der Waals surface area contributed by atoms with E-state index >= 15 is 0 Å². The molecule has 0 saturated heterocycles. The largest absolute Gasteiger partial charge is 0.462 e. The molecule has 8 nitrogen and oxygen atoms in total. The summed E-state index contributed by atoms with van der Waals surface area (Å²) in [7, 11) is 0. The zero-order chi connectivity index (χ0) is 24.0. The Morgan fingerprint density at radius 2 is 1.79 bits per heavy atom. The van der Waals surface area contributed by atoms with Gasteiger partial charge in [-0.2, -0.15) is 5.10 Å². The Labute approximate surface area is 205 Å². The zero-order valence-electron chi connectivity index (χ0n) is 18.3. The lowest BCUT2D eigenvalue weighted by Gasteiger charge is -2.09. The van der Waals surface area contributed by atoms with E-state index in [0.29, 0.717) is 32.7 Å². The van der Waals surface area contributed by atoms with Crippen LogP contribution in [0.2, 0.25) is 5.02 Å². The van der Waals surface area contributed by atoms with Crippen LogP contribution in [0.25, 0.3) is 0 Å². The lowest BCUT2D eigenvalue weighted by molar-refractivity contribution is 0.0527. The fourth-order valence-electron chi connectivity index (χ4n) is 3.00. The fraction of sp³-hybridized carbons (Fsp3) is 0.273. The number of carbonyl (C=O) groups is 2. The molecule has 0 radical (unpaired) electrons. The molecule has 0 atom stereocenters. The topological polar surface area (TPSA) is 94.5 Å². The molecule has 174 valence electrons. The molecule has 0 amide bonds. The number of nitrogens with one attached hydrogen (secondary N) is 2. The summed E-state index contributed by atoms with van der Waals surface area (Å²) >= 11 is 12.4. The maximum absolute atomic E-state index is 12.5. The van der Waals surface area contributed by atoms with Gasteiger partial charge in [-0.1, -0.05) is 23.7 Å². The Bertz CT molecular complexity index is 1160. The van der Waals surface area contributed by atoms with Gasteiger partial charge >= 0.3 is 11.9 Å². The molecule has 3 rings (SSSR count). The number of anilines is 2. The van der Waals surface area contributed by atoms with Crippen molar-refractivity contribution in [2.75, 3.05) is 23.8 Å². The van der Waals surface area contributed by atoms with Crippen molar-refractivity contribution in [1.29, 1.82) is 0 Å². The van der Waals surface area contributed by atoms with Gasteiger partial charge in [0.2, 0.25) is 0 Å². The second-order valence-electron chi connectivity index (χ2n) is 6.83. The molecule has 0 unspecified atom stereocenters. The fourth-order valence-corrected chi connectivity index (χ4v) is 4.50. The third-order valence-corrected chi connectivity index (χ3v) is 6.11. The minimum absolute atomic E-state index is 0.206. The van der Waals surface area contributed by atoms with Crippen molar-refractivity contribution in [3.8, 4) is 0 Å². The van der Waals surface area contributed by atoms with Crippen LogP contribution in [0, 0.1) is 6.92 Å². The first-order valence-corrected chi connectivity index (χ1v) is 11.7. The maximum Gasteiger partial charge on any atom is 0.348 e. The number of esters is 2. The molecule has 0 aliphatic rings. The van der Waals surface area contributed by atoms with Crippen LogP contribution in [0.5, 0.6) is 0 Å². The number of carbonyl (C=O) groups excluding carboxylic acids is 2. The molecule has 0 fully saturated rings. The average Bonchev–Trinajstić information content (AvgIpc) is 3.33. The highest BCUT2D eigenvalue weighted by Gasteiger charge is 2.26. The number of ether oxygens (including phenoxy) is 2. The number of rotatable bonds is 8. The van der Waals surface area contributed by atoms with Crippen molar-refractivity contribution in [3.63, 3.8) is 0 Å². The standard InChI is InChI=1S/C22H23ClN4O4S2/c1-4-30-20(28)17-13(3)18(21(29)31-5-2)33-19(17)26-22(32)25-16-10-24-27(12-16)11-14-6-8-15(23)9-7-14/h6-10,12H,4-5,11H2,1-3H3,(H2,25,26,32). The van der Waals surface area contributed by atoms with Gasteiger partial charge in [0.05, 0.1) is 37.2 Å². The number of thiocarbonyl (C=S) groups is 1. The quantitative estimate of drug-likeness (QED) is 0.321. The summed E-state index contributed by atoms with van der Waals surface area (Å²) < 4.78 is 12.0. The molecule has 11 heteroatoms. The molecule has 33 heavy (non-hydrogen) atoms. The van der Waals surface area contributed by atoms with Gasteiger partial charge in [-0.3, -0.25) is 4.68 Å². The van der Waals surface area contributed by atoms with Crippen LogP contribution in [0.1, 0.15) is 45.0 Å². The summed E-state index contributed by atoms with van der Waals surface area (Å²) in [4.78, 5) is 25.1. The van der Waals surface area contributed by atoms with Gasteiger partial charge in [0.25, 0.3) is 0 Å². The predicted octanol–water partition coefficient (Wildman–Crippen LogP) is 5.12. The third kappa shape index (κ3) is 6.31. The van der Waals surface area contributed by atoms with Crippen LogP contribution >= 0.6 is 35.2 Å². The molecule has 0 bridgehead atoms. The first-order chi connectivity index (χ1) is 15.8. The minimum Gasteiger partial charge on any atom is -0.462 e. The zero-order valence-corrected chi connectivity index (χ0v) is 20.7. The van der Waals surface area contributed by atoms with E-state index in [0.717, 1.165) is 16.9 Å². The number of benzene rings is 1. The number of hydrogen-bond donors (Lipinski definition) is 2. The van der Waals surface area contributed by atoms with E-state index in [2.05, 4.69) is 15.7 Å². The van der Waals surface area contributed by atoms with Gasteiger partial charge in [-0.05, 0) is 56.2 Å². The maximum atomic E-state index is 12.5. The highest BCUT2D eigenvalue weighted by molar-refractivity contribution is 7.80. The Morgan fingerprint density at radius 3 is 2.45 bits per heavy atom. The second-order valence-corrected chi connectivity index (χ2v) is 8.70. The average molecular weight is 507 g/mol. The Kier molecular flexibility index (Phi) is 8.43. The summed E-state index contributed by atoms with van der Waals surface area (Å²) in [6.07, 6.45) is 3.44. The van der Waals surface area contributed by atoms with E-state index in [4.69, 9.17) is 33.3 Å². The minimum atomic E-state index is -0.539. The van der Waals surface area contributed by atoms with E-state index in [9.17, 15) is 9.59 Å². The first-order valence-electron chi connectivity index (χ1n) is 10.1. The summed E-state index contributed by atoms with van der Waals surface area (Å²) in [5.41, 5.74) is 2.46. The summed E-state index contributed by atoms with van der Waals surface area (Å²) in [6.45, 7) is 6.12. The SMILES string of the molecule is CCOC(=O)c1sc(NC(=S)Nc2cnn(Cc3ccc(Cl)cc3)c2)c(C(=O)OCC)c1C. The number of aromatic nitrogens is 2. The molecule has 2 N–H and O–H groups in total. The Morgan fingerprint density at radius 1 is 1.12 bits per heavy atom.